The summed E-state index contributed by atoms with van der Waals surface area (Å²) in [6.45, 7) is 4.99. The van der Waals surface area contributed by atoms with Crippen molar-refractivity contribution in [2.75, 3.05) is 11.9 Å². The van der Waals surface area contributed by atoms with Gasteiger partial charge in [0.1, 0.15) is 11.4 Å². The molecule has 0 unspecified atom stereocenters. The van der Waals surface area contributed by atoms with Crippen LogP contribution in [0.2, 0.25) is 0 Å². The molecule has 9 nitrogen and oxygen atoms in total. The van der Waals surface area contributed by atoms with Gasteiger partial charge in [0, 0.05) is 32.2 Å². The van der Waals surface area contributed by atoms with Gasteiger partial charge in [0.05, 0.1) is 11.5 Å². The number of anilines is 1. The van der Waals surface area contributed by atoms with E-state index in [2.05, 4.69) is 5.32 Å². The number of esters is 2. The molecule has 0 amide bonds. The molecular formula is C15H16N2O7. The molecule has 1 N–H and O–H groups in total. The largest absolute Gasteiger partial charge is 0.494 e. The third-order valence-corrected chi connectivity index (χ3v) is 2.96. The van der Waals surface area contributed by atoms with Crippen LogP contribution in [-0.4, -0.2) is 29.3 Å². The lowest BCUT2D eigenvalue weighted by molar-refractivity contribution is -0.383. The van der Waals surface area contributed by atoms with Gasteiger partial charge in [-0.1, -0.05) is 0 Å². The predicted molar refractivity (Wildman–Crippen MR) is 82.2 cm³/mol. The number of cyclic esters (lactones) is 2. The lowest BCUT2D eigenvalue weighted by atomic mass is 10.2. The van der Waals surface area contributed by atoms with Crippen molar-refractivity contribution in [2.45, 2.75) is 26.6 Å². The summed E-state index contributed by atoms with van der Waals surface area (Å²) in [4.78, 5) is 34.2. The summed E-state index contributed by atoms with van der Waals surface area (Å²) in [7, 11) is 0. The fraction of sp³-hybridized carbons (Fsp3) is 0.333. The summed E-state index contributed by atoms with van der Waals surface area (Å²) < 4.78 is 15.1. The van der Waals surface area contributed by atoms with E-state index in [0.717, 1.165) is 6.20 Å². The van der Waals surface area contributed by atoms with Crippen LogP contribution in [0.15, 0.2) is 30.0 Å². The van der Waals surface area contributed by atoms with Crippen molar-refractivity contribution in [1.82, 2.24) is 0 Å². The van der Waals surface area contributed by atoms with E-state index in [1.807, 2.05) is 0 Å². The number of carbonyl (C=O) groups is 2. The summed E-state index contributed by atoms with van der Waals surface area (Å²) in [5.74, 6) is -2.72. The van der Waals surface area contributed by atoms with E-state index in [1.54, 1.807) is 6.92 Å². The minimum atomic E-state index is -1.35. The van der Waals surface area contributed by atoms with Crippen LogP contribution in [0.25, 0.3) is 0 Å². The minimum Gasteiger partial charge on any atom is -0.494 e. The van der Waals surface area contributed by atoms with E-state index < -0.39 is 28.2 Å². The van der Waals surface area contributed by atoms with E-state index in [9.17, 15) is 19.7 Å². The number of ether oxygens (including phenoxy) is 3. The van der Waals surface area contributed by atoms with Gasteiger partial charge >= 0.3 is 11.9 Å². The Morgan fingerprint density at radius 3 is 2.46 bits per heavy atom. The zero-order chi connectivity index (χ0) is 17.9. The fourth-order valence-electron chi connectivity index (χ4n) is 1.97. The van der Waals surface area contributed by atoms with Gasteiger partial charge in [-0.3, -0.25) is 10.1 Å². The Bertz CT molecular complexity index is 703. The second-order valence-electron chi connectivity index (χ2n) is 5.25. The molecule has 128 valence electrons. The Kier molecular flexibility index (Phi) is 4.72. The van der Waals surface area contributed by atoms with Crippen LogP contribution in [0.5, 0.6) is 5.75 Å². The van der Waals surface area contributed by atoms with Gasteiger partial charge in [-0.25, -0.2) is 9.59 Å². The van der Waals surface area contributed by atoms with Gasteiger partial charge in [0.25, 0.3) is 11.5 Å². The number of nitro benzene ring substituents is 1. The zero-order valence-electron chi connectivity index (χ0n) is 13.3. The van der Waals surface area contributed by atoms with Crippen molar-refractivity contribution in [2.24, 2.45) is 0 Å². The van der Waals surface area contributed by atoms with Crippen LogP contribution in [0.3, 0.4) is 0 Å². The van der Waals surface area contributed by atoms with Crippen LogP contribution >= 0.6 is 0 Å². The highest BCUT2D eigenvalue weighted by molar-refractivity contribution is 6.15. The van der Waals surface area contributed by atoms with Crippen molar-refractivity contribution in [3.8, 4) is 5.75 Å². The molecule has 0 saturated carbocycles. The van der Waals surface area contributed by atoms with Crippen LogP contribution < -0.4 is 10.1 Å². The Morgan fingerprint density at radius 1 is 1.29 bits per heavy atom. The minimum absolute atomic E-state index is 0.0592. The molecular weight excluding hydrogens is 320 g/mol. The Hall–Kier alpha value is -3.10. The second kappa shape index (κ2) is 6.57. The van der Waals surface area contributed by atoms with E-state index >= 15 is 0 Å². The molecule has 0 aromatic heterocycles. The highest BCUT2D eigenvalue weighted by Gasteiger charge is 2.39. The summed E-state index contributed by atoms with van der Waals surface area (Å²) in [5, 5.41) is 13.6. The number of hydrogen-bond acceptors (Lipinski definition) is 8. The van der Waals surface area contributed by atoms with Crippen LogP contribution in [0, 0.1) is 10.1 Å². The monoisotopic (exact) mass is 336 g/mol. The average molecular weight is 336 g/mol. The summed E-state index contributed by atoms with van der Waals surface area (Å²) >= 11 is 0. The van der Waals surface area contributed by atoms with E-state index in [-0.39, 0.29) is 11.4 Å². The maximum absolute atomic E-state index is 11.8. The van der Waals surface area contributed by atoms with Gasteiger partial charge in [0.2, 0.25) is 0 Å². The van der Waals surface area contributed by atoms with Gasteiger partial charge < -0.3 is 19.5 Å². The third kappa shape index (κ3) is 3.80. The molecule has 0 atom stereocenters. The average Bonchev–Trinajstić information content (AvgIpc) is 2.45. The van der Waals surface area contributed by atoms with Crippen molar-refractivity contribution >= 4 is 23.3 Å². The zero-order valence-corrected chi connectivity index (χ0v) is 13.3. The molecule has 9 heteroatoms. The first kappa shape index (κ1) is 17.3. The lowest BCUT2D eigenvalue weighted by Gasteiger charge is -2.29. The third-order valence-electron chi connectivity index (χ3n) is 2.96. The molecule has 1 fully saturated rings. The predicted octanol–water partition coefficient (Wildman–Crippen LogP) is 2.13. The lowest BCUT2D eigenvalue weighted by Crippen LogP contribution is -2.42. The summed E-state index contributed by atoms with van der Waals surface area (Å²) in [5.41, 5.74) is -0.581. The number of nitro groups is 1. The summed E-state index contributed by atoms with van der Waals surface area (Å²) in [6.07, 6.45) is 1.01. The SMILES string of the molecule is CCOc1ccc([N+](=O)[O-])c(NC=C2C(=O)OC(C)(C)OC2=O)c1. The quantitative estimate of drug-likeness (QED) is 0.286. The fourth-order valence-corrected chi connectivity index (χ4v) is 1.97. The molecule has 1 aromatic rings. The highest BCUT2D eigenvalue weighted by atomic mass is 16.7. The number of rotatable bonds is 5. The number of nitrogens with one attached hydrogen (secondary N) is 1. The van der Waals surface area contributed by atoms with E-state index in [0.29, 0.717) is 12.4 Å². The maximum atomic E-state index is 11.8. The molecule has 0 bridgehead atoms. The molecule has 0 radical (unpaired) electrons. The summed E-state index contributed by atoms with van der Waals surface area (Å²) in [6, 6.07) is 4.10. The number of nitrogens with zero attached hydrogens (tertiary/aromatic N) is 1. The Balaban J connectivity index is 2.30. The normalized spacial score (nSPS) is 16.0. The van der Waals surface area contributed by atoms with E-state index in [4.69, 9.17) is 14.2 Å². The van der Waals surface area contributed by atoms with E-state index in [1.165, 1.54) is 32.0 Å². The first-order chi connectivity index (χ1) is 11.2. The Morgan fingerprint density at radius 2 is 1.92 bits per heavy atom. The molecule has 24 heavy (non-hydrogen) atoms. The Labute approximate surface area is 137 Å². The molecule has 1 aliphatic rings. The first-order valence-corrected chi connectivity index (χ1v) is 7.08. The number of hydrogen-bond donors (Lipinski definition) is 1. The van der Waals surface area contributed by atoms with Crippen LogP contribution in [0.4, 0.5) is 11.4 Å². The molecule has 2 rings (SSSR count). The second-order valence-corrected chi connectivity index (χ2v) is 5.25. The molecule has 1 aromatic carbocycles. The van der Waals surface area contributed by atoms with Crippen LogP contribution in [0.1, 0.15) is 20.8 Å². The van der Waals surface area contributed by atoms with Gasteiger partial charge in [0.15, 0.2) is 5.57 Å². The maximum Gasteiger partial charge on any atom is 0.350 e. The first-order valence-electron chi connectivity index (χ1n) is 7.08. The molecule has 1 aliphatic heterocycles. The number of carbonyl (C=O) groups excluding carboxylic acids is 2. The van der Waals surface area contributed by atoms with Crippen molar-refractivity contribution in [3.05, 3.63) is 40.1 Å². The van der Waals surface area contributed by atoms with Crippen molar-refractivity contribution < 1.29 is 28.7 Å². The smallest absolute Gasteiger partial charge is 0.350 e. The van der Waals surface area contributed by atoms with Gasteiger partial charge in [-0.05, 0) is 13.0 Å². The molecule has 0 spiro atoms. The standard InChI is InChI=1S/C15H16N2O7/c1-4-22-9-5-6-12(17(20)21)11(7-9)16-8-10-13(18)23-15(2,3)24-14(10)19/h5-8,16H,4H2,1-3H3. The highest BCUT2D eigenvalue weighted by Crippen LogP contribution is 2.30. The van der Waals surface area contributed by atoms with Gasteiger partial charge in [-0.2, -0.15) is 0 Å². The van der Waals surface area contributed by atoms with Crippen molar-refractivity contribution in [3.63, 3.8) is 0 Å². The van der Waals surface area contributed by atoms with Crippen LogP contribution in [-0.2, 0) is 19.1 Å². The molecule has 1 heterocycles. The van der Waals surface area contributed by atoms with Gasteiger partial charge in [-0.15, -0.1) is 0 Å². The topological polar surface area (TPSA) is 117 Å². The number of benzene rings is 1. The molecule has 0 aliphatic carbocycles. The molecule has 1 saturated heterocycles. The van der Waals surface area contributed by atoms with Crippen molar-refractivity contribution in [1.29, 1.82) is 0 Å².